The lowest BCUT2D eigenvalue weighted by molar-refractivity contribution is -0.139. The lowest BCUT2D eigenvalue weighted by atomic mass is 10.3. The largest absolute Gasteiger partial charge is 0.480 e. The molecule has 2 amide bonds. The van der Waals surface area contributed by atoms with E-state index in [1.807, 2.05) is 0 Å². The Hall–Kier alpha value is -2.85. The van der Waals surface area contributed by atoms with Crippen LogP contribution in [0.2, 0.25) is 0 Å². The molecule has 118 valence electrons. The highest BCUT2D eigenvalue weighted by molar-refractivity contribution is 5.95. The normalized spacial score (nSPS) is 15.0. The number of carboxylic acids is 1. The van der Waals surface area contributed by atoms with Crippen LogP contribution in [0.25, 0.3) is 0 Å². The van der Waals surface area contributed by atoms with Crippen molar-refractivity contribution in [3.63, 3.8) is 0 Å². The number of carbonyl (C=O) groups excluding carboxylic acids is 2. The van der Waals surface area contributed by atoms with Crippen molar-refractivity contribution in [2.45, 2.75) is 24.8 Å². The number of halogens is 2. The summed E-state index contributed by atoms with van der Waals surface area (Å²) in [6.45, 7) is 0. The zero-order valence-electron chi connectivity index (χ0n) is 11.0. The highest BCUT2D eigenvalue weighted by atomic mass is 19.3. The van der Waals surface area contributed by atoms with Gasteiger partial charge in [-0.25, -0.2) is 14.8 Å². The molecular weight excluding hydrogens is 304 g/mol. The van der Waals surface area contributed by atoms with E-state index in [0.717, 1.165) is 12.4 Å². The summed E-state index contributed by atoms with van der Waals surface area (Å²) in [5.74, 6) is -3.54. The van der Waals surface area contributed by atoms with Crippen molar-refractivity contribution in [3.05, 3.63) is 18.0 Å². The minimum atomic E-state index is -3.26. The minimum Gasteiger partial charge on any atom is -0.480 e. The summed E-state index contributed by atoms with van der Waals surface area (Å²) < 4.78 is 23.8. The lowest BCUT2D eigenvalue weighted by Crippen LogP contribution is -2.44. The molecule has 1 saturated carbocycles. The van der Waals surface area contributed by atoms with Crippen molar-refractivity contribution < 1.29 is 28.3 Å². The van der Waals surface area contributed by atoms with Gasteiger partial charge in [0, 0.05) is 12.4 Å². The zero-order chi connectivity index (χ0) is 16.3. The molecule has 1 aliphatic carbocycles. The monoisotopic (exact) mass is 315 g/mol. The summed E-state index contributed by atoms with van der Waals surface area (Å²) >= 11 is 0. The molecule has 1 fully saturated rings. The van der Waals surface area contributed by atoms with E-state index in [1.165, 1.54) is 5.43 Å². The third kappa shape index (κ3) is 3.42. The number of hydrogen-bond donors (Lipinski definition) is 4. The van der Waals surface area contributed by atoms with Crippen LogP contribution >= 0.6 is 0 Å². The second-order valence-electron chi connectivity index (χ2n) is 4.55. The molecule has 1 heterocycles. The Bertz CT molecular complexity index is 603. The average molecular weight is 315 g/mol. The molecule has 0 aromatic carbocycles. The SMILES string of the molecule is O=C(NNC(=O)C(F)F)c1cnc(NC2(C(=O)O)CC2)nc1. The maximum absolute atomic E-state index is 11.9. The Morgan fingerprint density at radius 3 is 2.23 bits per heavy atom. The highest BCUT2D eigenvalue weighted by Gasteiger charge is 2.51. The van der Waals surface area contributed by atoms with Gasteiger partial charge in [0.2, 0.25) is 5.95 Å². The molecular formula is C11H11F2N5O4. The standard InChI is InChI=1S/C11H11F2N5O4/c12-6(13)8(20)18-17-7(19)5-3-14-10(15-4-5)16-11(1-2-11)9(21)22/h3-4,6H,1-2H2,(H,17,19)(H,18,20)(H,21,22)(H,14,15,16). The van der Waals surface area contributed by atoms with Crippen LogP contribution < -0.4 is 16.2 Å². The van der Waals surface area contributed by atoms with Gasteiger partial charge in [-0.05, 0) is 12.8 Å². The molecule has 11 heteroatoms. The van der Waals surface area contributed by atoms with Crippen LogP contribution in [0.4, 0.5) is 14.7 Å². The van der Waals surface area contributed by atoms with Crippen molar-refractivity contribution in [3.8, 4) is 0 Å². The van der Waals surface area contributed by atoms with Crippen LogP contribution in [0.1, 0.15) is 23.2 Å². The van der Waals surface area contributed by atoms with Crippen LogP contribution in [-0.2, 0) is 9.59 Å². The molecule has 2 rings (SSSR count). The van der Waals surface area contributed by atoms with Crippen LogP contribution in [0.3, 0.4) is 0 Å². The first kappa shape index (κ1) is 15.5. The van der Waals surface area contributed by atoms with Crippen LogP contribution in [0.15, 0.2) is 12.4 Å². The number of nitrogens with one attached hydrogen (secondary N) is 3. The maximum Gasteiger partial charge on any atom is 0.329 e. The molecule has 22 heavy (non-hydrogen) atoms. The molecule has 0 aliphatic heterocycles. The van der Waals surface area contributed by atoms with E-state index in [1.54, 1.807) is 5.43 Å². The van der Waals surface area contributed by atoms with Crippen molar-refractivity contribution in [1.82, 2.24) is 20.8 Å². The summed E-state index contributed by atoms with van der Waals surface area (Å²) in [6.07, 6.45) is -0.246. The van der Waals surface area contributed by atoms with E-state index < -0.39 is 29.7 Å². The smallest absolute Gasteiger partial charge is 0.329 e. The number of anilines is 1. The number of rotatable bonds is 5. The van der Waals surface area contributed by atoms with Crippen molar-refractivity contribution >= 4 is 23.7 Å². The predicted octanol–water partition coefficient (Wildman–Crippen LogP) is -0.468. The van der Waals surface area contributed by atoms with E-state index in [9.17, 15) is 23.2 Å². The quantitative estimate of drug-likeness (QED) is 0.540. The molecule has 1 aromatic rings. The number of aliphatic carboxylic acids is 1. The Morgan fingerprint density at radius 2 is 1.77 bits per heavy atom. The fraction of sp³-hybridized carbons (Fsp3) is 0.364. The molecule has 9 nitrogen and oxygen atoms in total. The van der Waals surface area contributed by atoms with Gasteiger partial charge in [0.1, 0.15) is 5.54 Å². The van der Waals surface area contributed by atoms with E-state index in [0.29, 0.717) is 12.8 Å². The van der Waals surface area contributed by atoms with E-state index in [2.05, 4.69) is 15.3 Å². The molecule has 0 saturated heterocycles. The van der Waals surface area contributed by atoms with Gasteiger partial charge in [0.15, 0.2) is 0 Å². The van der Waals surface area contributed by atoms with Gasteiger partial charge in [0.25, 0.3) is 5.91 Å². The number of aromatic nitrogens is 2. The number of alkyl halides is 2. The van der Waals surface area contributed by atoms with Crippen LogP contribution in [0.5, 0.6) is 0 Å². The first-order valence-corrected chi connectivity index (χ1v) is 6.06. The predicted molar refractivity (Wildman–Crippen MR) is 66.9 cm³/mol. The van der Waals surface area contributed by atoms with Crippen molar-refractivity contribution in [2.75, 3.05) is 5.32 Å². The van der Waals surface area contributed by atoms with Crippen molar-refractivity contribution in [2.24, 2.45) is 0 Å². The van der Waals surface area contributed by atoms with Gasteiger partial charge in [-0.3, -0.25) is 20.4 Å². The zero-order valence-corrected chi connectivity index (χ0v) is 11.0. The second-order valence-corrected chi connectivity index (χ2v) is 4.55. The summed E-state index contributed by atoms with van der Waals surface area (Å²) in [4.78, 5) is 40.6. The molecule has 0 radical (unpaired) electrons. The number of hydrazine groups is 1. The number of hydrogen-bond acceptors (Lipinski definition) is 6. The highest BCUT2D eigenvalue weighted by Crippen LogP contribution is 2.38. The Morgan fingerprint density at radius 1 is 1.18 bits per heavy atom. The molecule has 4 N–H and O–H groups in total. The molecule has 0 atom stereocenters. The Kier molecular flexibility index (Phi) is 4.15. The van der Waals surface area contributed by atoms with Crippen LogP contribution in [0, 0.1) is 0 Å². The van der Waals surface area contributed by atoms with Gasteiger partial charge in [-0.15, -0.1) is 0 Å². The Labute approximate surface area is 122 Å². The topological polar surface area (TPSA) is 133 Å². The fourth-order valence-corrected chi connectivity index (χ4v) is 1.49. The van der Waals surface area contributed by atoms with E-state index in [-0.39, 0.29) is 11.5 Å². The van der Waals surface area contributed by atoms with Gasteiger partial charge in [-0.1, -0.05) is 0 Å². The molecule has 1 aromatic heterocycles. The van der Waals surface area contributed by atoms with Gasteiger partial charge in [0.05, 0.1) is 5.56 Å². The maximum atomic E-state index is 11.9. The van der Waals surface area contributed by atoms with Gasteiger partial charge >= 0.3 is 18.3 Å². The first-order valence-electron chi connectivity index (χ1n) is 6.06. The van der Waals surface area contributed by atoms with E-state index >= 15 is 0 Å². The van der Waals surface area contributed by atoms with Crippen molar-refractivity contribution in [1.29, 1.82) is 0 Å². The molecule has 1 aliphatic rings. The molecule has 0 unspecified atom stereocenters. The van der Waals surface area contributed by atoms with Crippen LogP contribution in [-0.4, -0.2) is 44.8 Å². The number of amides is 2. The summed E-state index contributed by atoms with van der Waals surface area (Å²) in [5.41, 5.74) is 2.11. The second kappa shape index (κ2) is 5.87. The number of carboxylic acid groups (broad SMARTS) is 1. The number of nitrogens with zero attached hydrogens (tertiary/aromatic N) is 2. The first-order chi connectivity index (χ1) is 10.3. The summed E-state index contributed by atoms with van der Waals surface area (Å²) in [6, 6.07) is 0. The van der Waals surface area contributed by atoms with Gasteiger partial charge < -0.3 is 10.4 Å². The summed E-state index contributed by atoms with van der Waals surface area (Å²) in [7, 11) is 0. The summed E-state index contributed by atoms with van der Waals surface area (Å²) in [5, 5.41) is 11.6. The average Bonchev–Trinajstić information content (AvgIpc) is 3.26. The molecule has 0 bridgehead atoms. The lowest BCUT2D eigenvalue weighted by Gasteiger charge is -2.12. The molecule has 0 spiro atoms. The minimum absolute atomic E-state index is 0.0214. The van der Waals surface area contributed by atoms with E-state index in [4.69, 9.17) is 5.11 Å². The number of carbonyl (C=O) groups is 3. The third-order valence-electron chi connectivity index (χ3n) is 2.92. The van der Waals surface area contributed by atoms with Gasteiger partial charge in [-0.2, -0.15) is 8.78 Å². The third-order valence-corrected chi connectivity index (χ3v) is 2.92. The fourth-order valence-electron chi connectivity index (χ4n) is 1.49. The Balaban J connectivity index is 1.93.